The van der Waals surface area contributed by atoms with Crippen LogP contribution in [-0.2, 0) is 22.4 Å². The zero-order valence-corrected chi connectivity index (χ0v) is 24.3. The molecule has 0 radical (unpaired) electrons. The molecule has 0 heterocycles. The number of nitrogens with one attached hydrogen (secondary N) is 1. The van der Waals surface area contributed by atoms with Gasteiger partial charge in [0.2, 0.25) is 5.91 Å². The van der Waals surface area contributed by atoms with Crippen LogP contribution in [0.5, 0.6) is 0 Å². The molecule has 3 aromatic rings. The Morgan fingerprint density at radius 1 is 0.892 bits per heavy atom. The lowest BCUT2D eigenvalue weighted by molar-refractivity contribution is -0.116. The minimum Gasteiger partial charge on any atom is -0.325 e. The zero-order chi connectivity index (χ0) is 27.4. The Kier molecular flexibility index (Phi) is 9.95. The number of benzene rings is 3. The fraction of sp³-hybridized carbons (Fsp3) is 0.345. The average Bonchev–Trinajstić information content (AvgIpc) is 2.81. The van der Waals surface area contributed by atoms with Crippen molar-refractivity contribution in [1.82, 2.24) is 4.90 Å². The van der Waals surface area contributed by atoms with E-state index in [1.165, 1.54) is 0 Å². The first kappa shape index (κ1) is 29.3. The monoisotopic (exact) mass is 560 g/mol. The van der Waals surface area contributed by atoms with Gasteiger partial charge in [0, 0.05) is 12.2 Å². The third-order valence-electron chi connectivity index (χ3n) is 6.16. The molecule has 198 valence electrons. The topological polar surface area (TPSA) is 69.6 Å². The lowest BCUT2D eigenvalue weighted by Crippen LogP contribution is -2.27. The van der Waals surface area contributed by atoms with Gasteiger partial charge < -0.3 is 14.8 Å². The minimum atomic E-state index is -2.44. The fourth-order valence-electron chi connectivity index (χ4n) is 4.39. The van der Waals surface area contributed by atoms with E-state index in [1.54, 1.807) is 6.07 Å². The van der Waals surface area contributed by atoms with Gasteiger partial charge in [0.05, 0.1) is 10.0 Å². The Hall–Kier alpha value is -2.22. The Morgan fingerprint density at radius 2 is 1.46 bits per heavy atom. The van der Waals surface area contributed by atoms with Crippen LogP contribution in [-0.4, -0.2) is 33.7 Å². The molecule has 0 aliphatic rings. The molecular formula is C29H34Cl2N2O3S. The largest absolute Gasteiger partial charge is 0.325 e. The summed E-state index contributed by atoms with van der Waals surface area (Å²) in [6, 6.07) is 16.9. The molecule has 0 bridgehead atoms. The lowest BCUT2D eigenvalue weighted by atomic mass is 9.83. The highest BCUT2D eigenvalue weighted by atomic mass is 35.5. The molecular weight excluding hydrogens is 527 g/mol. The Labute approximate surface area is 232 Å². The molecule has 0 saturated carbocycles. The van der Waals surface area contributed by atoms with Crippen LogP contribution in [0.3, 0.4) is 0 Å². The molecule has 0 fully saturated rings. The molecule has 5 nitrogen and oxygen atoms in total. The van der Waals surface area contributed by atoms with Crippen LogP contribution in [0.1, 0.15) is 67.0 Å². The third-order valence-corrected chi connectivity index (χ3v) is 7.76. The normalized spacial score (nSPS) is 13.3. The number of rotatable bonds is 9. The van der Waals surface area contributed by atoms with E-state index < -0.39 is 22.2 Å². The quantitative estimate of drug-likeness (QED) is 0.261. The number of nitrogens with zero attached hydrogens (tertiary/aromatic N) is 1. The zero-order valence-electron chi connectivity index (χ0n) is 22.0. The van der Waals surface area contributed by atoms with Crippen molar-refractivity contribution in [1.29, 1.82) is 0 Å². The molecule has 2 atom stereocenters. The van der Waals surface area contributed by atoms with Crippen LogP contribution < -0.4 is 5.32 Å². The van der Waals surface area contributed by atoms with Crippen LogP contribution >= 0.6 is 23.2 Å². The highest BCUT2D eigenvalue weighted by Gasteiger charge is 2.33. The van der Waals surface area contributed by atoms with Gasteiger partial charge in [-0.1, -0.05) is 81.2 Å². The second-order valence-electron chi connectivity index (χ2n) is 10.1. The van der Waals surface area contributed by atoms with Crippen LogP contribution in [0.15, 0.2) is 54.6 Å². The second-order valence-corrected chi connectivity index (χ2v) is 11.9. The third kappa shape index (κ3) is 7.21. The molecule has 1 amide bonds. The summed E-state index contributed by atoms with van der Waals surface area (Å²) in [4.78, 5) is 15.6. The van der Waals surface area contributed by atoms with E-state index in [2.05, 4.69) is 10.2 Å². The lowest BCUT2D eigenvalue weighted by Gasteiger charge is -2.26. The fourth-order valence-corrected chi connectivity index (χ4v) is 5.40. The van der Waals surface area contributed by atoms with Gasteiger partial charge in [-0.25, -0.2) is 4.21 Å². The van der Waals surface area contributed by atoms with Gasteiger partial charge in [0.1, 0.15) is 0 Å². The number of halogens is 2. The Balaban J connectivity index is 2.09. The molecule has 0 saturated heterocycles. The summed E-state index contributed by atoms with van der Waals surface area (Å²) >= 11 is 9.97. The Morgan fingerprint density at radius 3 is 1.92 bits per heavy atom. The number of anilines is 1. The van der Waals surface area contributed by atoms with Gasteiger partial charge >= 0.3 is 0 Å². The summed E-state index contributed by atoms with van der Waals surface area (Å²) in [5.74, 6) is -0.522. The van der Waals surface area contributed by atoms with Crippen molar-refractivity contribution in [2.24, 2.45) is 0 Å². The molecule has 3 rings (SSSR count). The molecule has 3 aromatic carbocycles. The molecule has 2 unspecified atom stereocenters. The molecule has 37 heavy (non-hydrogen) atoms. The van der Waals surface area contributed by atoms with Gasteiger partial charge in [-0.3, -0.25) is 4.79 Å². The highest BCUT2D eigenvalue weighted by molar-refractivity contribution is 7.80. The minimum absolute atomic E-state index is 0.000566. The van der Waals surface area contributed by atoms with Crippen molar-refractivity contribution < 1.29 is 13.6 Å². The number of amides is 1. The first-order valence-corrected chi connectivity index (χ1v) is 14.1. The summed E-state index contributed by atoms with van der Waals surface area (Å²) in [5, 5.41) is 2.53. The maximum absolute atomic E-state index is 13.5. The highest BCUT2D eigenvalue weighted by Crippen LogP contribution is 2.40. The van der Waals surface area contributed by atoms with Crippen molar-refractivity contribution in [3.63, 3.8) is 0 Å². The number of carbonyl (C=O) groups excluding carboxylic acids is 1. The smallest absolute Gasteiger partial charge is 0.247 e. The van der Waals surface area contributed by atoms with E-state index in [-0.39, 0.29) is 11.8 Å². The maximum Gasteiger partial charge on any atom is 0.247 e. The van der Waals surface area contributed by atoms with E-state index in [0.29, 0.717) is 21.3 Å². The number of hydrogen-bond donors (Lipinski definition) is 2. The summed E-state index contributed by atoms with van der Waals surface area (Å²) in [6.07, 6.45) is 0. The van der Waals surface area contributed by atoms with Crippen molar-refractivity contribution in [2.45, 2.75) is 51.3 Å². The molecule has 0 aliphatic heterocycles. The van der Waals surface area contributed by atoms with Crippen LogP contribution in [0.25, 0.3) is 11.1 Å². The van der Waals surface area contributed by atoms with Crippen molar-refractivity contribution in [3.05, 3.63) is 86.9 Å². The number of carbonyl (C=O) groups is 1. The van der Waals surface area contributed by atoms with Gasteiger partial charge in [0.25, 0.3) is 0 Å². The van der Waals surface area contributed by atoms with E-state index in [9.17, 15) is 13.6 Å². The Bertz CT molecular complexity index is 1260. The maximum atomic E-state index is 13.5. The molecule has 2 N–H and O–H groups in total. The number of hydrogen-bond acceptors (Lipinski definition) is 3. The van der Waals surface area contributed by atoms with Crippen molar-refractivity contribution in [3.8, 4) is 11.1 Å². The summed E-state index contributed by atoms with van der Waals surface area (Å²) in [7, 11) is 3.98. The van der Waals surface area contributed by atoms with Crippen molar-refractivity contribution >= 4 is 45.9 Å². The van der Waals surface area contributed by atoms with Crippen molar-refractivity contribution in [2.75, 3.05) is 19.4 Å². The molecule has 0 spiro atoms. The van der Waals surface area contributed by atoms with Gasteiger partial charge in [-0.05, 0) is 83.6 Å². The first-order valence-electron chi connectivity index (χ1n) is 12.2. The summed E-state index contributed by atoms with van der Waals surface area (Å²) < 4.78 is 23.1. The van der Waals surface area contributed by atoms with Crippen LogP contribution in [0.4, 0.5) is 5.69 Å². The molecule has 8 heteroatoms. The van der Waals surface area contributed by atoms with Gasteiger partial charge in [-0.15, -0.1) is 0 Å². The standard InChI is InChI=1S/C29H34Cl2N2O3S/c1-17(2)23-13-21(20-9-12-25(30)26(31)15-20)14-24(18(3)4)27(23)28(37(35)36)29(34)32-22-10-7-19(8-11-22)16-33(5)6/h7-15,17-18,28H,16H2,1-6H3,(H,32,34)(H,35,36). The summed E-state index contributed by atoms with van der Waals surface area (Å²) in [5.41, 5.74) is 5.76. The van der Waals surface area contributed by atoms with E-state index in [0.717, 1.165) is 34.4 Å². The SMILES string of the molecule is CC(C)c1cc(-c2ccc(Cl)c(Cl)c2)cc(C(C)C)c1C(C(=O)Nc1ccc(CN(C)C)cc1)S(=O)O. The van der Waals surface area contributed by atoms with E-state index in [4.69, 9.17) is 23.2 Å². The van der Waals surface area contributed by atoms with Gasteiger partial charge in [-0.2, -0.15) is 0 Å². The van der Waals surface area contributed by atoms with E-state index in [1.807, 2.05) is 90.3 Å². The summed E-state index contributed by atoms with van der Waals surface area (Å²) in [6.45, 7) is 8.83. The van der Waals surface area contributed by atoms with Gasteiger partial charge in [0.15, 0.2) is 16.3 Å². The van der Waals surface area contributed by atoms with E-state index >= 15 is 0 Å². The predicted molar refractivity (Wildman–Crippen MR) is 156 cm³/mol. The van der Waals surface area contributed by atoms with Crippen LogP contribution in [0.2, 0.25) is 10.0 Å². The first-order chi connectivity index (χ1) is 17.4. The van der Waals surface area contributed by atoms with Crippen LogP contribution in [0, 0.1) is 0 Å². The second kappa shape index (κ2) is 12.5. The average molecular weight is 562 g/mol. The molecule has 0 aliphatic carbocycles. The molecule has 0 aromatic heterocycles. The predicted octanol–water partition coefficient (Wildman–Crippen LogP) is 7.87.